The number of carbonyl (C=O) groups excluding carboxylic acids is 1. The van der Waals surface area contributed by atoms with Crippen LogP contribution in [0.2, 0.25) is 0 Å². The Morgan fingerprint density at radius 3 is 2.75 bits per heavy atom. The molecule has 1 atom stereocenters. The first-order chi connectivity index (χ1) is 7.72. The molecule has 16 heavy (non-hydrogen) atoms. The molecular weight excluding hydrogens is 206 g/mol. The quantitative estimate of drug-likeness (QED) is 0.701. The Balaban J connectivity index is 2.10. The lowest BCUT2D eigenvalue weighted by molar-refractivity contribution is -0.153. The Bertz CT molecular complexity index is 202. The van der Waals surface area contributed by atoms with E-state index in [1.165, 1.54) is 0 Å². The minimum atomic E-state index is -0.0734. The summed E-state index contributed by atoms with van der Waals surface area (Å²) in [6.07, 6.45) is 4.11. The SMILES string of the molecule is CC(CCN)CCC(=O)OC1CCOCC1. The van der Waals surface area contributed by atoms with Gasteiger partial charge in [-0.05, 0) is 25.3 Å². The highest BCUT2D eigenvalue weighted by Gasteiger charge is 2.18. The summed E-state index contributed by atoms with van der Waals surface area (Å²) in [5, 5.41) is 0. The molecule has 0 aliphatic carbocycles. The topological polar surface area (TPSA) is 61.6 Å². The molecule has 1 aliphatic heterocycles. The van der Waals surface area contributed by atoms with Gasteiger partial charge in [0.25, 0.3) is 0 Å². The van der Waals surface area contributed by atoms with E-state index in [1.54, 1.807) is 0 Å². The third kappa shape index (κ3) is 5.47. The summed E-state index contributed by atoms with van der Waals surface area (Å²) in [5.74, 6) is 0.433. The van der Waals surface area contributed by atoms with Crippen molar-refractivity contribution in [3.05, 3.63) is 0 Å². The Morgan fingerprint density at radius 2 is 2.12 bits per heavy atom. The maximum absolute atomic E-state index is 11.5. The van der Waals surface area contributed by atoms with Crippen molar-refractivity contribution in [3.63, 3.8) is 0 Å². The molecule has 0 amide bonds. The van der Waals surface area contributed by atoms with Gasteiger partial charge in [-0.25, -0.2) is 0 Å². The summed E-state index contributed by atoms with van der Waals surface area (Å²) in [5.41, 5.74) is 5.46. The van der Waals surface area contributed by atoms with Gasteiger partial charge in [0.1, 0.15) is 6.10 Å². The van der Waals surface area contributed by atoms with E-state index >= 15 is 0 Å². The largest absolute Gasteiger partial charge is 0.462 e. The third-order valence-electron chi connectivity index (χ3n) is 2.97. The van der Waals surface area contributed by atoms with Crippen LogP contribution in [0.5, 0.6) is 0 Å². The minimum absolute atomic E-state index is 0.0734. The van der Waals surface area contributed by atoms with Gasteiger partial charge in [0.05, 0.1) is 13.2 Å². The van der Waals surface area contributed by atoms with Gasteiger partial charge in [-0.3, -0.25) is 4.79 Å². The van der Waals surface area contributed by atoms with E-state index in [0.717, 1.165) is 25.7 Å². The van der Waals surface area contributed by atoms with Crippen LogP contribution >= 0.6 is 0 Å². The Morgan fingerprint density at radius 1 is 1.44 bits per heavy atom. The van der Waals surface area contributed by atoms with Crippen molar-refractivity contribution in [2.24, 2.45) is 11.7 Å². The molecule has 2 N–H and O–H groups in total. The van der Waals surface area contributed by atoms with Gasteiger partial charge >= 0.3 is 5.97 Å². The van der Waals surface area contributed by atoms with E-state index in [-0.39, 0.29) is 12.1 Å². The van der Waals surface area contributed by atoms with Gasteiger partial charge < -0.3 is 15.2 Å². The first-order valence-corrected chi connectivity index (χ1v) is 6.19. The lowest BCUT2D eigenvalue weighted by Gasteiger charge is -2.22. The molecular formula is C12H23NO3. The molecule has 0 saturated carbocycles. The van der Waals surface area contributed by atoms with Crippen LogP contribution in [0.4, 0.5) is 0 Å². The average molecular weight is 229 g/mol. The van der Waals surface area contributed by atoms with Crippen molar-refractivity contribution in [3.8, 4) is 0 Å². The van der Waals surface area contributed by atoms with E-state index in [0.29, 0.717) is 32.1 Å². The molecule has 0 aromatic rings. The monoisotopic (exact) mass is 229 g/mol. The van der Waals surface area contributed by atoms with Crippen LogP contribution in [-0.4, -0.2) is 31.8 Å². The summed E-state index contributed by atoms with van der Waals surface area (Å²) < 4.78 is 10.6. The van der Waals surface area contributed by atoms with Gasteiger partial charge in [-0.1, -0.05) is 6.92 Å². The molecule has 1 unspecified atom stereocenters. The van der Waals surface area contributed by atoms with E-state index in [4.69, 9.17) is 15.2 Å². The predicted molar refractivity (Wildman–Crippen MR) is 62.0 cm³/mol. The van der Waals surface area contributed by atoms with Crippen LogP contribution in [-0.2, 0) is 14.3 Å². The van der Waals surface area contributed by atoms with Crippen molar-refractivity contribution in [1.82, 2.24) is 0 Å². The van der Waals surface area contributed by atoms with Crippen LogP contribution in [0.25, 0.3) is 0 Å². The summed E-state index contributed by atoms with van der Waals surface area (Å²) in [6.45, 7) is 4.23. The normalized spacial score (nSPS) is 19.4. The summed E-state index contributed by atoms with van der Waals surface area (Å²) in [6, 6.07) is 0. The molecule has 0 bridgehead atoms. The highest BCUT2D eigenvalue weighted by atomic mass is 16.5. The highest BCUT2D eigenvalue weighted by Crippen LogP contribution is 2.14. The molecule has 0 aromatic carbocycles. The Hall–Kier alpha value is -0.610. The molecule has 4 nitrogen and oxygen atoms in total. The number of ether oxygens (including phenoxy) is 2. The predicted octanol–water partition coefficient (Wildman–Crippen LogP) is 1.47. The summed E-state index contributed by atoms with van der Waals surface area (Å²) in [7, 11) is 0. The van der Waals surface area contributed by atoms with Crippen LogP contribution in [0.1, 0.15) is 39.0 Å². The van der Waals surface area contributed by atoms with Crippen LogP contribution < -0.4 is 5.73 Å². The molecule has 1 aliphatic rings. The fourth-order valence-electron chi connectivity index (χ4n) is 1.83. The fourth-order valence-corrected chi connectivity index (χ4v) is 1.83. The minimum Gasteiger partial charge on any atom is -0.462 e. The van der Waals surface area contributed by atoms with Gasteiger partial charge in [0.2, 0.25) is 0 Å². The third-order valence-corrected chi connectivity index (χ3v) is 2.97. The Kier molecular flexibility index (Phi) is 6.42. The van der Waals surface area contributed by atoms with Gasteiger partial charge in [-0.2, -0.15) is 0 Å². The summed E-state index contributed by atoms with van der Waals surface area (Å²) >= 11 is 0. The number of nitrogens with two attached hydrogens (primary N) is 1. The maximum atomic E-state index is 11.5. The van der Waals surface area contributed by atoms with Crippen LogP contribution in [0.3, 0.4) is 0 Å². The number of hydrogen-bond donors (Lipinski definition) is 1. The van der Waals surface area contributed by atoms with Crippen molar-refractivity contribution >= 4 is 5.97 Å². The van der Waals surface area contributed by atoms with Gasteiger partial charge in [0, 0.05) is 19.3 Å². The van der Waals surface area contributed by atoms with Crippen LogP contribution in [0, 0.1) is 5.92 Å². The molecule has 94 valence electrons. The second-order valence-electron chi connectivity index (χ2n) is 4.52. The van der Waals surface area contributed by atoms with E-state index in [9.17, 15) is 4.79 Å². The zero-order valence-corrected chi connectivity index (χ0v) is 10.1. The molecule has 0 spiro atoms. The lowest BCUT2D eigenvalue weighted by atomic mass is 10.0. The molecule has 0 radical (unpaired) electrons. The molecule has 4 heteroatoms. The zero-order valence-electron chi connectivity index (χ0n) is 10.1. The number of esters is 1. The van der Waals surface area contributed by atoms with E-state index < -0.39 is 0 Å². The molecule has 0 aromatic heterocycles. The van der Waals surface area contributed by atoms with Gasteiger partial charge in [0.15, 0.2) is 0 Å². The second kappa shape index (κ2) is 7.63. The van der Waals surface area contributed by atoms with E-state index in [2.05, 4.69) is 6.92 Å². The zero-order chi connectivity index (χ0) is 11.8. The average Bonchev–Trinajstić information content (AvgIpc) is 2.28. The molecule has 1 rings (SSSR count). The Labute approximate surface area is 97.5 Å². The second-order valence-corrected chi connectivity index (χ2v) is 4.52. The van der Waals surface area contributed by atoms with Crippen molar-refractivity contribution in [2.75, 3.05) is 19.8 Å². The van der Waals surface area contributed by atoms with Crippen molar-refractivity contribution in [1.29, 1.82) is 0 Å². The fraction of sp³-hybridized carbons (Fsp3) is 0.917. The van der Waals surface area contributed by atoms with Crippen molar-refractivity contribution in [2.45, 2.75) is 45.1 Å². The molecule has 1 saturated heterocycles. The number of carbonyl (C=O) groups is 1. The smallest absolute Gasteiger partial charge is 0.306 e. The number of hydrogen-bond acceptors (Lipinski definition) is 4. The first kappa shape index (κ1) is 13.5. The van der Waals surface area contributed by atoms with E-state index in [1.807, 2.05) is 0 Å². The van der Waals surface area contributed by atoms with Gasteiger partial charge in [-0.15, -0.1) is 0 Å². The maximum Gasteiger partial charge on any atom is 0.306 e. The molecule has 1 heterocycles. The standard InChI is InChI=1S/C12H23NO3/c1-10(4-7-13)2-3-12(14)16-11-5-8-15-9-6-11/h10-11H,2-9,13H2,1H3. The van der Waals surface area contributed by atoms with Crippen molar-refractivity contribution < 1.29 is 14.3 Å². The van der Waals surface area contributed by atoms with Crippen LogP contribution in [0.15, 0.2) is 0 Å². The lowest BCUT2D eigenvalue weighted by Crippen LogP contribution is -2.26. The number of rotatable bonds is 6. The first-order valence-electron chi connectivity index (χ1n) is 6.19. The molecule has 1 fully saturated rings. The summed E-state index contributed by atoms with van der Waals surface area (Å²) in [4.78, 5) is 11.5. The highest BCUT2D eigenvalue weighted by molar-refractivity contribution is 5.69.